The summed E-state index contributed by atoms with van der Waals surface area (Å²) < 4.78 is 43.5. The van der Waals surface area contributed by atoms with Crippen LogP contribution in [0.4, 0.5) is 13.2 Å². The quantitative estimate of drug-likeness (QED) is 0.547. The molecule has 0 aliphatic rings. The number of alkyl halides is 3. The number of benzene rings is 3. The number of para-hydroxylation sites is 1. The van der Waals surface area contributed by atoms with Gasteiger partial charge in [0.25, 0.3) is 0 Å². The molecule has 0 bridgehead atoms. The number of nitrogens with zero attached hydrogens (tertiary/aromatic N) is 1. The molecule has 2 N–H and O–H groups in total. The van der Waals surface area contributed by atoms with E-state index in [-0.39, 0.29) is 5.75 Å². The number of hydrogen-bond donors (Lipinski definition) is 1. The van der Waals surface area contributed by atoms with Crippen LogP contribution in [-0.4, -0.2) is 16.8 Å². The number of primary amides is 1. The topological polar surface area (TPSA) is 57.2 Å². The van der Waals surface area contributed by atoms with Gasteiger partial charge in [0.15, 0.2) is 0 Å². The number of carbonyl (C=O) groups is 1. The van der Waals surface area contributed by atoms with Crippen molar-refractivity contribution < 1.29 is 22.7 Å². The normalized spacial score (nSPS) is 11.8. The van der Waals surface area contributed by atoms with E-state index >= 15 is 0 Å². The Bertz CT molecular complexity index is 1200. The highest BCUT2D eigenvalue weighted by molar-refractivity contribution is 6.17. The van der Waals surface area contributed by atoms with Gasteiger partial charge in [0.1, 0.15) is 5.75 Å². The van der Waals surface area contributed by atoms with Crippen molar-refractivity contribution in [2.45, 2.75) is 12.9 Å². The molecule has 7 heteroatoms. The Balaban J connectivity index is 1.86. The molecule has 3 aromatic carbocycles. The van der Waals surface area contributed by atoms with E-state index in [0.29, 0.717) is 17.7 Å². The van der Waals surface area contributed by atoms with Crippen LogP contribution >= 0.6 is 0 Å². The van der Waals surface area contributed by atoms with Gasteiger partial charge in [-0.2, -0.15) is 0 Å². The van der Waals surface area contributed by atoms with Gasteiger partial charge in [-0.15, -0.1) is 13.2 Å². The third-order valence-electron chi connectivity index (χ3n) is 4.54. The lowest BCUT2D eigenvalue weighted by molar-refractivity contribution is -0.274. The summed E-state index contributed by atoms with van der Waals surface area (Å²) in [5.41, 5.74) is 8.21. The molecular weight excluding hydrogens is 369 g/mol. The summed E-state index contributed by atoms with van der Waals surface area (Å²) >= 11 is 0. The molecule has 0 saturated carbocycles. The summed E-state index contributed by atoms with van der Waals surface area (Å²) in [4.78, 5) is 11.9. The van der Waals surface area contributed by atoms with Crippen LogP contribution < -0.4 is 10.5 Å². The van der Waals surface area contributed by atoms with Gasteiger partial charge >= 0.3 is 6.36 Å². The van der Waals surface area contributed by atoms with Crippen molar-refractivity contribution in [1.82, 2.24) is 4.57 Å². The summed E-state index contributed by atoms with van der Waals surface area (Å²) in [6, 6.07) is 18.6. The van der Waals surface area contributed by atoms with Gasteiger partial charge in [-0.05, 0) is 35.9 Å². The van der Waals surface area contributed by atoms with E-state index in [1.54, 1.807) is 18.2 Å². The lowest BCUT2D eigenvalue weighted by Crippen LogP contribution is -2.17. The lowest BCUT2D eigenvalue weighted by atomic mass is 10.1. The maximum Gasteiger partial charge on any atom is 0.573 e. The van der Waals surface area contributed by atoms with E-state index in [1.165, 1.54) is 18.2 Å². The van der Waals surface area contributed by atoms with Crippen molar-refractivity contribution in [3.63, 3.8) is 0 Å². The Labute approximate surface area is 157 Å². The minimum atomic E-state index is -4.75. The summed E-state index contributed by atoms with van der Waals surface area (Å²) in [6.45, 7) is 0.307. The second-order valence-electron chi connectivity index (χ2n) is 6.36. The molecule has 28 heavy (non-hydrogen) atoms. The van der Waals surface area contributed by atoms with E-state index in [4.69, 9.17) is 5.73 Å². The Kier molecular flexibility index (Phi) is 4.22. The number of hydrogen-bond acceptors (Lipinski definition) is 2. The average molecular weight is 384 g/mol. The van der Waals surface area contributed by atoms with E-state index < -0.39 is 12.3 Å². The third kappa shape index (κ3) is 3.26. The highest BCUT2D eigenvalue weighted by atomic mass is 19.4. The minimum Gasteiger partial charge on any atom is -0.406 e. The molecule has 0 atom stereocenters. The lowest BCUT2D eigenvalue weighted by Gasteiger charge is -2.12. The molecular formula is C21H15F3N2O2. The predicted octanol–water partition coefficient (Wildman–Crippen LogP) is 4.84. The number of fused-ring (bicyclic) bond motifs is 3. The number of rotatable bonds is 4. The van der Waals surface area contributed by atoms with Gasteiger partial charge in [0, 0.05) is 28.4 Å². The van der Waals surface area contributed by atoms with Gasteiger partial charge in [0.2, 0.25) is 5.91 Å². The molecule has 1 aromatic heterocycles. The van der Waals surface area contributed by atoms with Crippen molar-refractivity contribution in [2.24, 2.45) is 5.73 Å². The molecule has 0 aliphatic carbocycles. The zero-order valence-electron chi connectivity index (χ0n) is 14.5. The third-order valence-corrected chi connectivity index (χ3v) is 4.54. The van der Waals surface area contributed by atoms with Crippen LogP contribution in [-0.2, 0) is 6.54 Å². The molecule has 0 unspecified atom stereocenters. The number of halogens is 3. The monoisotopic (exact) mass is 384 g/mol. The van der Waals surface area contributed by atoms with Gasteiger partial charge in [0.05, 0.1) is 5.52 Å². The van der Waals surface area contributed by atoms with Crippen molar-refractivity contribution >= 4 is 27.7 Å². The average Bonchev–Trinajstić information content (AvgIpc) is 2.95. The molecule has 1 heterocycles. The molecule has 0 radical (unpaired) electrons. The molecule has 142 valence electrons. The summed E-state index contributed by atoms with van der Waals surface area (Å²) in [7, 11) is 0. The Morgan fingerprint density at radius 2 is 1.68 bits per heavy atom. The van der Waals surface area contributed by atoms with Crippen LogP contribution in [0, 0.1) is 0 Å². The van der Waals surface area contributed by atoms with Crippen LogP contribution in [0.3, 0.4) is 0 Å². The molecule has 4 nitrogen and oxygen atoms in total. The van der Waals surface area contributed by atoms with Gasteiger partial charge < -0.3 is 15.0 Å². The van der Waals surface area contributed by atoms with Gasteiger partial charge in [-0.1, -0.05) is 36.4 Å². The first-order valence-corrected chi connectivity index (χ1v) is 8.48. The number of ether oxygens (including phenoxy) is 1. The SMILES string of the molecule is NC(=O)c1cccc2c1c1ccccc1n2Cc1cccc(OC(F)(F)F)c1. The van der Waals surface area contributed by atoms with Crippen molar-refractivity contribution in [3.8, 4) is 5.75 Å². The summed E-state index contributed by atoms with van der Waals surface area (Å²) in [6.07, 6.45) is -4.75. The van der Waals surface area contributed by atoms with Crippen LogP contribution in [0.2, 0.25) is 0 Å². The number of aromatic nitrogens is 1. The summed E-state index contributed by atoms with van der Waals surface area (Å²) in [5, 5.41) is 1.59. The standard InChI is InChI=1S/C21H15F3N2O2/c22-21(23,24)28-14-6-3-5-13(11-14)12-26-17-9-2-1-7-15(17)19-16(20(25)27)8-4-10-18(19)26/h1-11H,12H2,(H2,25,27). The molecule has 0 fully saturated rings. The fourth-order valence-electron chi connectivity index (χ4n) is 3.50. The molecule has 0 saturated heterocycles. The Hall–Kier alpha value is -3.48. The van der Waals surface area contributed by atoms with Gasteiger partial charge in [-0.3, -0.25) is 4.79 Å². The highest BCUT2D eigenvalue weighted by Crippen LogP contribution is 2.32. The first kappa shape index (κ1) is 17.9. The molecule has 4 rings (SSSR count). The van der Waals surface area contributed by atoms with Crippen molar-refractivity contribution in [3.05, 3.63) is 77.9 Å². The Morgan fingerprint density at radius 1 is 0.964 bits per heavy atom. The fraction of sp³-hybridized carbons (Fsp3) is 0.0952. The van der Waals surface area contributed by atoms with E-state index in [0.717, 1.165) is 21.8 Å². The number of carbonyl (C=O) groups excluding carboxylic acids is 1. The second-order valence-corrected chi connectivity index (χ2v) is 6.36. The maximum absolute atomic E-state index is 12.5. The Morgan fingerprint density at radius 3 is 2.43 bits per heavy atom. The van der Waals surface area contributed by atoms with Crippen molar-refractivity contribution in [2.75, 3.05) is 0 Å². The molecule has 0 aliphatic heterocycles. The molecule has 1 amide bonds. The summed E-state index contributed by atoms with van der Waals surface area (Å²) in [5.74, 6) is -0.808. The zero-order chi connectivity index (χ0) is 19.9. The fourth-order valence-corrected chi connectivity index (χ4v) is 3.50. The van der Waals surface area contributed by atoms with Crippen LogP contribution in [0.25, 0.3) is 21.8 Å². The van der Waals surface area contributed by atoms with E-state index in [2.05, 4.69) is 4.74 Å². The molecule has 0 spiro atoms. The largest absolute Gasteiger partial charge is 0.573 e. The minimum absolute atomic E-state index is 0.274. The molecule has 4 aromatic rings. The van der Waals surface area contributed by atoms with Crippen LogP contribution in [0.5, 0.6) is 5.75 Å². The highest BCUT2D eigenvalue weighted by Gasteiger charge is 2.31. The van der Waals surface area contributed by atoms with Crippen LogP contribution in [0.1, 0.15) is 15.9 Å². The van der Waals surface area contributed by atoms with Crippen LogP contribution in [0.15, 0.2) is 66.7 Å². The van der Waals surface area contributed by atoms with Crippen molar-refractivity contribution in [1.29, 1.82) is 0 Å². The first-order chi connectivity index (χ1) is 13.3. The predicted molar refractivity (Wildman–Crippen MR) is 100 cm³/mol. The first-order valence-electron chi connectivity index (χ1n) is 8.48. The smallest absolute Gasteiger partial charge is 0.406 e. The maximum atomic E-state index is 12.5. The zero-order valence-corrected chi connectivity index (χ0v) is 14.5. The van der Waals surface area contributed by atoms with E-state index in [1.807, 2.05) is 34.9 Å². The van der Waals surface area contributed by atoms with Gasteiger partial charge in [-0.25, -0.2) is 0 Å². The van der Waals surface area contributed by atoms with E-state index in [9.17, 15) is 18.0 Å². The second kappa shape index (κ2) is 6.60. The number of nitrogens with two attached hydrogens (primary N) is 1. The number of amides is 1.